The molecular formula is C14H21N3O. The molecule has 1 fully saturated rings. The number of aromatic nitrogens is 1. The third kappa shape index (κ3) is 2.38. The van der Waals surface area contributed by atoms with Crippen LogP contribution >= 0.6 is 0 Å². The summed E-state index contributed by atoms with van der Waals surface area (Å²) in [6.45, 7) is 6.32. The molecule has 4 nitrogen and oxygen atoms in total. The molecule has 4 heteroatoms. The molecule has 98 valence electrons. The number of nitrogens with zero attached hydrogens (tertiary/aromatic N) is 3. The van der Waals surface area contributed by atoms with Gasteiger partial charge in [-0.05, 0) is 38.6 Å². The molecule has 0 bridgehead atoms. The number of hydrogen-bond acceptors (Lipinski definition) is 4. The number of hydrogen-bond donors (Lipinski definition) is 0. The number of aldehydes is 1. The molecular weight excluding hydrogens is 226 g/mol. The van der Waals surface area contributed by atoms with E-state index in [1.807, 2.05) is 13.0 Å². The van der Waals surface area contributed by atoms with Crippen molar-refractivity contribution in [2.75, 3.05) is 32.1 Å². The Morgan fingerprint density at radius 1 is 1.44 bits per heavy atom. The van der Waals surface area contributed by atoms with Crippen LogP contribution in [0.3, 0.4) is 0 Å². The zero-order valence-corrected chi connectivity index (χ0v) is 11.6. The van der Waals surface area contributed by atoms with E-state index in [1.54, 1.807) is 6.20 Å². The van der Waals surface area contributed by atoms with Gasteiger partial charge in [0.15, 0.2) is 6.29 Å². The highest BCUT2D eigenvalue weighted by molar-refractivity contribution is 5.75. The molecule has 0 aliphatic carbocycles. The first-order chi connectivity index (χ1) is 8.52. The monoisotopic (exact) mass is 247 g/mol. The van der Waals surface area contributed by atoms with E-state index in [0.717, 1.165) is 30.8 Å². The maximum atomic E-state index is 10.7. The van der Waals surface area contributed by atoms with E-state index in [2.05, 4.69) is 35.8 Å². The summed E-state index contributed by atoms with van der Waals surface area (Å²) in [4.78, 5) is 19.8. The van der Waals surface area contributed by atoms with Crippen LogP contribution in [-0.2, 0) is 0 Å². The normalized spacial score (nSPS) is 23.7. The number of anilines is 1. The lowest BCUT2D eigenvalue weighted by molar-refractivity contribution is 0.112. The molecule has 2 rings (SSSR count). The van der Waals surface area contributed by atoms with Crippen LogP contribution in [0.2, 0.25) is 0 Å². The third-order valence-electron chi connectivity index (χ3n) is 3.74. The third-order valence-corrected chi connectivity index (χ3v) is 3.74. The van der Waals surface area contributed by atoms with Crippen LogP contribution < -0.4 is 4.90 Å². The van der Waals surface area contributed by atoms with Crippen molar-refractivity contribution < 1.29 is 4.79 Å². The van der Waals surface area contributed by atoms with Crippen LogP contribution in [0.1, 0.15) is 22.8 Å². The van der Waals surface area contributed by atoms with Crippen molar-refractivity contribution in [1.82, 2.24) is 9.88 Å². The van der Waals surface area contributed by atoms with Crippen molar-refractivity contribution in [2.45, 2.75) is 19.9 Å². The summed E-state index contributed by atoms with van der Waals surface area (Å²) >= 11 is 0. The summed E-state index contributed by atoms with van der Waals surface area (Å²) in [6.07, 6.45) is 2.50. The minimum atomic E-state index is 0.567. The molecule has 2 atom stereocenters. The summed E-state index contributed by atoms with van der Waals surface area (Å²) in [7, 11) is 4.25. The molecule has 2 unspecified atom stereocenters. The second kappa shape index (κ2) is 5.06. The largest absolute Gasteiger partial charge is 0.354 e. The van der Waals surface area contributed by atoms with Crippen molar-refractivity contribution in [3.63, 3.8) is 0 Å². The van der Waals surface area contributed by atoms with Crippen molar-refractivity contribution in [3.8, 4) is 0 Å². The fraction of sp³-hybridized carbons (Fsp3) is 0.571. The maximum Gasteiger partial charge on any atom is 0.151 e. The van der Waals surface area contributed by atoms with Crippen LogP contribution in [0, 0.1) is 12.8 Å². The SMILES string of the molecule is Cc1cc(C=O)cnc1N1CC(C)C(N(C)C)C1. The molecule has 2 heterocycles. The summed E-state index contributed by atoms with van der Waals surface area (Å²) in [5.41, 5.74) is 1.72. The summed E-state index contributed by atoms with van der Waals surface area (Å²) in [6, 6.07) is 2.47. The number of aryl methyl sites for hydroxylation is 1. The highest BCUT2D eigenvalue weighted by atomic mass is 16.1. The van der Waals surface area contributed by atoms with Crippen LogP contribution in [-0.4, -0.2) is 49.4 Å². The van der Waals surface area contributed by atoms with E-state index in [0.29, 0.717) is 17.5 Å². The molecule has 0 aromatic carbocycles. The summed E-state index contributed by atoms with van der Waals surface area (Å²) in [5, 5.41) is 0. The van der Waals surface area contributed by atoms with Gasteiger partial charge in [-0.15, -0.1) is 0 Å². The predicted molar refractivity (Wildman–Crippen MR) is 73.2 cm³/mol. The Balaban J connectivity index is 2.21. The minimum absolute atomic E-state index is 0.567. The molecule has 1 aromatic heterocycles. The number of rotatable bonds is 3. The van der Waals surface area contributed by atoms with E-state index in [9.17, 15) is 4.79 Å². The van der Waals surface area contributed by atoms with E-state index < -0.39 is 0 Å². The standard InChI is InChI=1S/C14H21N3O/c1-10-5-12(9-18)6-15-14(10)17-7-11(2)13(8-17)16(3)4/h5-6,9,11,13H,7-8H2,1-4H3. The lowest BCUT2D eigenvalue weighted by Gasteiger charge is -2.23. The Bertz CT molecular complexity index is 445. The fourth-order valence-electron chi connectivity index (χ4n) is 2.78. The smallest absolute Gasteiger partial charge is 0.151 e. The van der Waals surface area contributed by atoms with Crippen molar-refractivity contribution in [1.29, 1.82) is 0 Å². The van der Waals surface area contributed by atoms with Gasteiger partial charge in [-0.3, -0.25) is 4.79 Å². The Morgan fingerprint density at radius 2 is 2.17 bits per heavy atom. The Hall–Kier alpha value is -1.42. The van der Waals surface area contributed by atoms with Crippen molar-refractivity contribution >= 4 is 12.1 Å². The van der Waals surface area contributed by atoms with Gasteiger partial charge in [0, 0.05) is 30.9 Å². The van der Waals surface area contributed by atoms with Gasteiger partial charge in [-0.25, -0.2) is 4.98 Å². The first kappa shape index (κ1) is 13.0. The molecule has 18 heavy (non-hydrogen) atoms. The summed E-state index contributed by atoms with van der Waals surface area (Å²) < 4.78 is 0. The lowest BCUT2D eigenvalue weighted by atomic mass is 10.1. The first-order valence-electron chi connectivity index (χ1n) is 6.36. The fourth-order valence-corrected chi connectivity index (χ4v) is 2.78. The molecule has 1 aromatic rings. The Morgan fingerprint density at radius 3 is 2.67 bits per heavy atom. The molecule has 1 saturated heterocycles. The highest BCUT2D eigenvalue weighted by Gasteiger charge is 2.32. The second-order valence-corrected chi connectivity index (χ2v) is 5.44. The molecule has 0 spiro atoms. The molecule has 0 radical (unpaired) electrons. The van der Waals surface area contributed by atoms with Gasteiger partial charge < -0.3 is 9.80 Å². The predicted octanol–water partition coefficient (Wildman–Crippen LogP) is 1.59. The van der Waals surface area contributed by atoms with Crippen molar-refractivity contribution in [2.24, 2.45) is 5.92 Å². The Kier molecular flexibility index (Phi) is 3.66. The van der Waals surface area contributed by atoms with Gasteiger partial charge in [-0.2, -0.15) is 0 Å². The van der Waals surface area contributed by atoms with Crippen LogP contribution in [0.5, 0.6) is 0 Å². The van der Waals surface area contributed by atoms with Crippen LogP contribution in [0.4, 0.5) is 5.82 Å². The number of carbonyl (C=O) groups excluding carboxylic acids is 1. The van der Waals surface area contributed by atoms with Gasteiger partial charge >= 0.3 is 0 Å². The van der Waals surface area contributed by atoms with Gasteiger partial charge in [0.2, 0.25) is 0 Å². The molecule has 0 saturated carbocycles. The highest BCUT2D eigenvalue weighted by Crippen LogP contribution is 2.26. The second-order valence-electron chi connectivity index (χ2n) is 5.44. The molecule has 1 aliphatic rings. The van der Waals surface area contributed by atoms with Crippen LogP contribution in [0.15, 0.2) is 12.3 Å². The van der Waals surface area contributed by atoms with Crippen LogP contribution in [0.25, 0.3) is 0 Å². The van der Waals surface area contributed by atoms with Gasteiger partial charge in [0.1, 0.15) is 5.82 Å². The quantitative estimate of drug-likeness (QED) is 0.760. The van der Waals surface area contributed by atoms with E-state index in [4.69, 9.17) is 0 Å². The zero-order chi connectivity index (χ0) is 13.3. The average Bonchev–Trinajstić information content (AvgIpc) is 2.71. The van der Waals surface area contributed by atoms with Gasteiger partial charge in [-0.1, -0.05) is 6.92 Å². The van der Waals surface area contributed by atoms with Gasteiger partial charge in [0.05, 0.1) is 0 Å². The zero-order valence-electron chi connectivity index (χ0n) is 11.6. The van der Waals surface area contributed by atoms with Crippen molar-refractivity contribution in [3.05, 3.63) is 23.4 Å². The average molecular weight is 247 g/mol. The summed E-state index contributed by atoms with van der Waals surface area (Å²) in [5.74, 6) is 1.64. The number of carbonyl (C=O) groups is 1. The van der Waals surface area contributed by atoms with E-state index in [-0.39, 0.29) is 0 Å². The lowest BCUT2D eigenvalue weighted by Crippen LogP contribution is -2.34. The molecule has 0 amide bonds. The topological polar surface area (TPSA) is 36.4 Å². The first-order valence-corrected chi connectivity index (χ1v) is 6.36. The number of likely N-dealkylation sites (N-methyl/N-ethyl adjacent to an activating group) is 1. The minimum Gasteiger partial charge on any atom is -0.354 e. The molecule has 0 N–H and O–H groups in total. The van der Waals surface area contributed by atoms with Gasteiger partial charge in [0.25, 0.3) is 0 Å². The van der Waals surface area contributed by atoms with E-state index >= 15 is 0 Å². The molecule has 1 aliphatic heterocycles. The Labute approximate surface area is 109 Å². The van der Waals surface area contributed by atoms with E-state index in [1.165, 1.54) is 0 Å². The number of pyridine rings is 1. The maximum absolute atomic E-state index is 10.7.